The Morgan fingerprint density at radius 2 is 2.24 bits per heavy atom. The van der Waals surface area contributed by atoms with Crippen molar-refractivity contribution < 1.29 is 8.42 Å². The van der Waals surface area contributed by atoms with E-state index in [2.05, 4.69) is 36.6 Å². The molecule has 1 unspecified atom stereocenters. The van der Waals surface area contributed by atoms with Crippen molar-refractivity contribution in [2.75, 3.05) is 5.33 Å². The Labute approximate surface area is 127 Å². The minimum atomic E-state index is -3.46. The molecule has 8 heteroatoms. The molecule has 3 nitrogen and oxygen atoms in total. The second-order valence-corrected chi connectivity index (χ2v) is 8.90. The lowest BCUT2D eigenvalue weighted by molar-refractivity contribution is 0.534. The van der Waals surface area contributed by atoms with Gasteiger partial charge >= 0.3 is 0 Å². The van der Waals surface area contributed by atoms with E-state index in [1.165, 1.54) is 6.07 Å². The molecular formula is C9H12Br2ClNO2S2. The monoisotopic (exact) mass is 423 g/mol. The lowest BCUT2D eigenvalue weighted by Gasteiger charge is -2.14. The summed E-state index contributed by atoms with van der Waals surface area (Å²) in [7, 11) is -3.46. The first-order chi connectivity index (χ1) is 7.90. The minimum absolute atomic E-state index is 0.0565. The second kappa shape index (κ2) is 6.86. The van der Waals surface area contributed by atoms with Crippen molar-refractivity contribution in [1.29, 1.82) is 0 Å². The van der Waals surface area contributed by atoms with Gasteiger partial charge < -0.3 is 0 Å². The zero-order valence-corrected chi connectivity index (χ0v) is 14.6. The van der Waals surface area contributed by atoms with E-state index in [-0.39, 0.29) is 10.3 Å². The van der Waals surface area contributed by atoms with Crippen molar-refractivity contribution in [3.05, 3.63) is 14.9 Å². The molecule has 1 N–H and O–H groups in total. The SMILES string of the molecule is CCC(CCBr)NS(=O)(=O)c1cc(Cl)c(Br)s1. The van der Waals surface area contributed by atoms with Gasteiger partial charge in [-0.05, 0) is 34.8 Å². The summed E-state index contributed by atoms with van der Waals surface area (Å²) < 4.78 is 27.6. The highest BCUT2D eigenvalue weighted by molar-refractivity contribution is 9.11. The van der Waals surface area contributed by atoms with E-state index < -0.39 is 10.0 Å². The van der Waals surface area contributed by atoms with Crippen molar-refractivity contribution in [1.82, 2.24) is 4.72 Å². The first-order valence-corrected chi connectivity index (χ1v) is 9.53. The van der Waals surface area contributed by atoms with Crippen LogP contribution in [0.25, 0.3) is 0 Å². The third kappa shape index (κ3) is 4.47. The highest BCUT2D eigenvalue weighted by Crippen LogP contribution is 2.34. The Bertz CT molecular complexity index is 456. The van der Waals surface area contributed by atoms with Crippen LogP contribution in [0.15, 0.2) is 14.1 Å². The van der Waals surface area contributed by atoms with Crippen LogP contribution in [-0.4, -0.2) is 19.8 Å². The molecule has 1 atom stereocenters. The van der Waals surface area contributed by atoms with Crippen LogP contribution in [0.1, 0.15) is 19.8 Å². The molecule has 0 spiro atoms. The number of hydrogen-bond acceptors (Lipinski definition) is 3. The predicted octanol–water partition coefficient (Wildman–Crippen LogP) is 4.01. The molecule has 17 heavy (non-hydrogen) atoms. The molecule has 0 fully saturated rings. The van der Waals surface area contributed by atoms with Crippen LogP contribution in [0.2, 0.25) is 5.02 Å². The van der Waals surface area contributed by atoms with Crippen molar-refractivity contribution in [3.8, 4) is 0 Å². The fourth-order valence-corrected chi connectivity index (χ4v) is 5.54. The molecule has 0 saturated carbocycles. The van der Waals surface area contributed by atoms with Crippen LogP contribution in [-0.2, 0) is 10.0 Å². The van der Waals surface area contributed by atoms with E-state index in [1.54, 1.807) is 0 Å². The minimum Gasteiger partial charge on any atom is -0.207 e. The maximum Gasteiger partial charge on any atom is 0.250 e. The second-order valence-electron chi connectivity index (χ2n) is 3.39. The quantitative estimate of drug-likeness (QED) is 0.700. The van der Waals surface area contributed by atoms with E-state index in [0.29, 0.717) is 8.81 Å². The normalized spacial score (nSPS) is 13.9. The maximum atomic E-state index is 12.0. The summed E-state index contributed by atoms with van der Waals surface area (Å²) in [6, 6.07) is 1.40. The number of sulfonamides is 1. The summed E-state index contributed by atoms with van der Waals surface area (Å²) in [5.41, 5.74) is 0. The van der Waals surface area contributed by atoms with E-state index in [0.717, 1.165) is 29.5 Å². The number of halogens is 3. The van der Waals surface area contributed by atoms with E-state index in [4.69, 9.17) is 11.6 Å². The summed E-state index contributed by atoms with van der Waals surface area (Å²) in [6.07, 6.45) is 1.51. The molecule has 0 amide bonds. The summed E-state index contributed by atoms with van der Waals surface area (Å²) in [4.78, 5) is 0. The van der Waals surface area contributed by atoms with Gasteiger partial charge in [-0.1, -0.05) is 34.5 Å². The molecule has 0 radical (unpaired) electrons. The average Bonchev–Trinajstić information content (AvgIpc) is 2.59. The lowest BCUT2D eigenvalue weighted by Crippen LogP contribution is -2.34. The molecular weight excluding hydrogens is 413 g/mol. The van der Waals surface area contributed by atoms with Crippen molar-refractivity contribution in [2.24, 2.45) is 0 Å². The van der Waals surface area contributed by atoms with Crippen molar-refractivity contribution in [3.63, 3.8) is 0 Å². The van der Waals surface area contributed by atoms with E-state index in [9.17, 15) is 8.42 Å². The number of hydrogen-bond donors (Lipinski definition) is 1. The highest BCUT2D eigenvalue weighted by atomic mass is 79.9. The average molecular weight is 426 g/mol. The summed E-state index contributed by atoms with van der Waals surface area (Å²) in [5.74, 6) is 0. The molecule has 1 heterocycles. The number of nitrogens with one attached hydrogen (secondary N) is 1. The Hall–Kier alpha value is 0.860. The van der Waals surface area contributed by atoms with Crippen LogP contribution < -0.4 is 4.72 Å². The van der Waals surface area contributed by atoms with Gasteiger partial charge in [0.1, 0.15) is 4.21 Å². The third-order valence-electron chi connectivity index (χ3n) is 2.16. The van der Waals surface area contributed by atoms with Gasteiger partial charge in [0.25, 0.3) is 0 Å². The smallest absolute Gasteiger partial charge is 0.207 e. The Morgan fingerprint density at radius 1 is 1.59 bits per heavy atom. The predicted molar refractivity (Wildman–Crippen MR) is 79.8 cm³/mol. The molecule has 0 aliphatic rings. The number of thiophene rings is 1. The molecule has 1 aromatic rings. The first kappa shape index (κ1) is 15.9. The summed E-state index contributed by atoms with van der Waals surface area (Å²) in [6.45, 7) is 1.95. The van der Waals surface area contributed by atoms with E-state index >= 15 is 0 Å². The van der Waals surface area contributed by atoms with Crippen LogP contribution >= 0.6 is 54.8 Å². The van der Waals surface area contributed by atoms with Crippen molar-refractivity contribution >= 4 is 64.8 Å². The number of rotatable bonds is 6. The first-order valence-electron chi connectivity index (χ1n) is 4.93. The zero-order valence-electron chi connectivity index (χ0n) is 9.04. The van der Waals surface area contributed by atoms with Crippen LogP contribution in [0, 0.1) is 0 Å². The Kier molecular flexibility index (Phi) is 6.42. The summed E-state index contributed by atoms with van der Waals surface area (Å²) in [5, 5.41) is 1.19. The zero-order chi connectivity index (χ0) is 13.1. The molecule has 98 valence electrons. The maximum absolute atomic E-state index is 12.0. The largest absolute Gasteiger partial charge is 0.250 e. The number of alkyl halides is 1. The highest BCUT2D eigenvalue weighted by Gasteiger charge is 2.22. The lowest BCUT2D eigenvalue weighted by atomic mass is 10.2. The van der Waals surface area contributed by atoms with Gasteiger partial charge in [-0.2, -0.15) is 0 Å². The van der Waals surface area contributed by atoms with Gasteiger partial charge in [-0.3, -0.25) is 0 Å². The third-order valence-corrected chi connectivity index (χ3v) is 7.09. The van der Waals surface area contributed by atoms with Crippen LogP contribution in [0.4, 0.5) is 0 Å². The molecule has 0 aliphatic carbocycles. The molecule has 0 saturated heterocycles. The van der Waals surface area contributed by atoms with Gasteiger partial charge in [-0.25, -0.2) is 13.1 Å². The van der Waals surface area contributed by atoms with Crippen LogP contribution in [0.5, 0.6) is 0 Å². The molecule has 0 aromatic carbocycles. The molecule has 1 aromatic heterocycles. The standard InChI is InChI=1S/C9H12Br2ClNO2S2/c1-2-6(3-4-10)13-17(14,15)8-5-7(12)9(11)16-8/h5-6,13H,2-4H2,1H3. The van der Waals surface area contributed by atoms with Gasteiger partial charge in [0, 0.05) is 11.4 Å². The van der Waals surface area contributed by atoms with Gasteiger partial charge in [0.05, 0.1) is 8.81 Å². The fraction of sp³-hybridized carbons (Fsp3) is 0.556. The Morgan fingerprint density at radius 3 is 2.65 bits per heavy atom. The van der Waals surface area contributed by atoms with E-state index in [1.807, 2.05) is 6.92 Å². The Balaban J connectivity index is 2.88. The van der Waals surface area contributed by atoms with Gasteiger partial charge in [-0.15, -0.1) is 11.3 Å². The summed E-state index contributed by atoms with van der Waals surface area (Å²) >= 11 is 13.5. The molecule has 0 bridgehead atoms. The van der Waals surface area contributed by atoms with Gasteiger partial charge in [0.15, 0.2) is 0 Å². The molecule has 1 rings (SSSR count). The fourth-order valence-electron chi connectivity index (χ4n) is 1.21. The molecule has 0 aliphatic heterocycles. The van der Waals surface area contributed by atoms with Crippen LogP contribution in [0.3, 0.4) is 0 Å². The topological polar surface area (TPSA) is 46.2 Å². The van der Waals surface area contributed by atoms with Crippen molar-refractivity contribution in [2.45, 2.75) is 30.0 Å². The van der Waals surface area contributed by atoms with Gasteiger partial charge in [0.2, 0.25) is 10.0 Å².